The molecule has 2 aromatic rings. The molecule has 0 aliphatic rings. The van der Waals surface area contributed by atoms with Crippen LogP contribution in [-0.2, 0) is 6.42 Å². The minimum absolute atomic E-state index is 0.174. The molecule has 0 aliphatic carbocycles. The number of aryl methyl sites for hydroxylation is 2. The van der Waals surface area contributed by atoms with Gasteiger partial charge in [-0.1, -0.05) is 0 Å². The van der Waals surface area contributed by atoms with Crippen LogP contribution in [0, 0.1) is 12.7 Å². The van der Waals surface area contributed by atoms with Gasteiger partial charge in [0.25, 0.3) is 0 Å². The van der Waals surface area contributed by atoms with Crippen molar-refractivity contribution in [3.8, 4) is 10.6 Å². The maximum absolute atomic E-state index is 13.2. The van der Waals surface area contributed by atoms with Crippen LogP contribution in [0.1, 0.15) is 24.6 Å². The Labute approximate surface area is 111 Å². The zero-order valence-corrected chi connectivity index (χ0v) is 11.4. The van der Waals surface area contributed by atoms with Crippen LogP contribution in [-0.4, -0.2) is 11.0 Å². The van der Waals surface area contributed by atoms with Gasteiger partial charge in [0.2, 0.25) is 0 Å². The normalized spacial score (nSPS) is 12.7. The molecule has 0 aliphatic heterocycles. The van der Waals surface area contributed by atoms with Crippen molar-refractivity contribution < 1.29 is 4.39 Å². The van der Waals surface area contributed by atoms with E-state index in [-0.39, 0.29) is 11.9 Å². The van der Waals surface area contributed by atoms with Crippen LogP contribution in [0.3, 0.4) is 0 Å². The molecule has 1 aromatic carbocycles. The predicted octanol–water partition coefficient (Wildman–Crippen LogP) is 3.54. The molecule has 0 saturated heterocycles. The molecule has 0 bridgehead atoms. The van der Waals surface area contributed by atoms with Gasteiger partial charge in [0.05, 0.1) is 5.69 Å². The van der Waals surface area contributed by atoms with Crippen molar-refractivity contribution in [3.63, 3.8) is 0 Å². The van der Waals surface area contributed by atoms with Crippen LogP contribution in [0.5, 0.6) is 0 Å². The summed E-state index contributed by atoms with van der Waals surface area (Å²) in [6.07, 6.45) is 1.83. The Morgan fingerprint density at radius 2 is 2.22 bits per heavy atom. The second kappa shape index (κ2) is 5.59. The monoisotopic (exact) mass is 264 g/mol. The van der Waals surface area contributed by atoms with Crippen LogP contribution in [0.15, 0.2) is 23.6 Å². The van der Waals surface area contributed by atoms with E-state index in [0.29, 0.717) is 5.56 Å². The number of rotatable bonds is 4. The first-order valence-electron chi connectivity index (χ1n) is 6.03. The summed E-state index contributed by atoms with van der Waals surface area (Å²) in [6.45, 7) is 3.76. The molecule has 96 valence electrons. The van der Waals surface area contributed by atoms with Crippen LogP contribution < -0.4 is 5.73 Å². The summed E-state index contributed by atoms with van der Waals surface area (Å²) < 4.78 is 13.2. The molecule has 0 saturated carbocycles. The van der Waals surface area contributed by atoms with Crippen molar-refractivity contribution in [2.24, 2.45) is 5.73 Å². The van der Waals surface area contributed by atoms with Crippen molar-refractivity contribution in [1.29, 1.82) is 0 Å². The van der Waals surface area contributed by atoms with E-state index in [9.17, 15) is 4.39 Å². The van der Waals surface area contributed by atoms with E-state index in [1.54, 1.807) is 24.3 Å². The Morgan fingerprint density at radius 1 is 1.44 bits per heavy atom. The summed E-state index contributed by atoms with van der Waals surface area (Å²) in [5, 5.41) is 2.99. The van der Waals surface area contributed by atoms with E-state index >= 15 is 0 Å². The highest BCUT2D eigenvalue weighted by Crippen LogP contribution is 2.25. The van der Waals surface area contributed by atoms with E-state index in [1.165, 1.54) is 6.07 Å². The molecule has 4 heteroatoms. The van der Waals surface area contributed by atoms with E-state index in [1.807, 2.05) is 13.0 Å². The van der Waals surface area contributed by atoms with Gasteiger partial charge in [-0.15, -0.1) is 11.3 Å². The quantitative estimate of drug-likeness (QED) is 0.917. The first-order chi connectivity index (χ1) is 8.56. The maximum Gasteiger partial charge on any atom is 0.126 e. The number of hydrogen-bond acceptors (Lipinski definition) is 3. The maximum atomic E-state index is 13.2. The largest absolute Gasteiger partial charge is 0.328 e. The van der Waals surface area contributed by atoms with Crippen molar-refractivity contribution in [1.82, 2.24) is 4.98 Å². The summed E-state index contributed by atoms with van der Waals surface area (Å²) in [4.78, 5) is 4.56. The summed E-state index contributed by atoms with van der Waals surface area (Å²) in [7, 11) is 0. The molecular formula is C14H17FN2S. The van der Waals surface area contributed by atoms with Gasteiger partial charge in [0, 0.05) is 17.0 Å². The third-order valence-electron chi connectivity index (χ3n) is 2.81. The van der Waals surface area contributed by atoms with Gasteiger partial charge in [0.15, 0.2) is 0 Å². The Bertz CT molecular complexity index is 534. The molecule has 18 heavy (non-hydrogen) atoms. The molecule has 1 heterocycles. The minimum Gasteiger partial charge on any atom is -0.328 e. The second-order valence-electron chi connectivity index (χ2n) is 4.62. The fourth-order valence-corrected chi connectivity index (χ4v) is 2.56. The third kappa shape index (κ3) is 3.15. The zero-order chi connectivity index (χ0) is 13.1. The molecule has 0 fully saturated rings. The number of halogens is 1. The number of nitrogens with two attached hydrogens (primary N) is 1. The summed E-state index contributed by atoms with van der Waals surface area (Å²) in [6, 6.07) is 5.30. The van der Waals surface area contributed by atoms with Gasteiger partial charge in [0.1, 0.15) is 10.8 Å². The van der Waals surface area contributed by atoms with E-state index in [0.717, 1.165) is 29.1 Å². The number of aromatic nitrogens is 1. The lowest BCUT2D eigenvalue weighted by Crippen LogP contribution is -2.15. The zero-order valence-electron chi connectivity index (χ0n) is 10.6. The summed E-state index contributed by atoms with van der Waals surface area (Å²) >= 11 is 1.59. The standard InChI is InChI=1S/C14H17FN2S/c1-9-7-11(4-6-13(9)15)14-17-12(8-18-14)5-3-10(2)16/h4,6-8,10H,3,5,16H2,1-2H3. The van der Waals surface area contributed by atoms with Gasteiger partial charge < -0.3 is 5.73 Å². The molecule has 1 unspecified atom stereocenters. The SMILES string of the molecule is Cc1cc(-c2nc(CCC(C)N)cs2)ccc1F. The van der Waals surface area contributed by atoms with Gasteiger partial charge in [-0.05, 0) is 50.5 Å². The fraction of sp³-hybridized carbons (Fsp3) is 0.357. The third-order valence-corrected chi connectivity index (χ3v) is 3.75. The lowest BCUT2D eigenvalue weighted by molar-refractivity contribution is 0.619. The highest BCUT2D eigenvalue weighted by molar-refractivity contribution is 7.13. The average Bonchev–Trinajstić information content (AvgIpc) is 2.79. The van der Waals surface area contributed by atoms with Crippen LogP contribution in [0.2, 0.25) is 0 Å². The van der Waals surface area contributed by atoms with Gasteiger partial charge in [-0.25, -0.2) is 9.37 Å². The second-order valence-corrected chi connectivity index (χ2v) is 5.48. The van der Waals surface area contributed by atoms with Crippen LogP contribution in [0.25, 0.3) is 10.6 Å². The Morgan fingerprint density at radius 3 is 2.89 bits per heavy atom. The smallest absolute Gasteiger partial charge is 0.126 e. The van der Waals surface area contributed by atoms with Crippen LogP contribution in [0.4, 0.5) is 4.39 Å². The van der Waals surface area contributed by atoms with Gasteiger partial charge in [-0.3, -0.25) is 0 Å². The van der Waals surface area contributed by atoms with Crippen LogP contribution >= 0.6 is 11.3 Å². The number of thiazole rings is 1. The lowest BCUT2D eigenvalue weighted by atomic mass is 10.1. The topological polar surface area (TPSA) is 38.9 Å². The van der Waals surface area contributed by atoms with E-state index in [2.05, 4.69) is 10.4 Å². The van der Waals surface area contributed by atoms with Crippen molar-refractivity contribution >= 4 is 11.3 Å². The predicted molar refractivity (Wildman–Crippen MR) is 74.2 cm³/mol. The molecule has 2 N–H and O–H groups in total. The molecule has 2 nitrogen and oxygen atoms in total. The Balaban J connectivity index is 2.16. The number of benzene rings is 1. The average molecular weight is 264 g/mol. The Kier molecular flexibility index (Phi) is 4.09. The van der Waals surface area contributed by atoms with Crippen molar-refractivity contribution in [3.05, 3.63) is 40.7 Å². The first-order valence-corrected chi connectivity index (χ1v) is 6.90. The lowest BCUT2D eigenvalue weighted by Gasteiger charge is -2.02. The van der Waals surface area contributed by atoms with Gasteiger partial charge >= 0.3 is 0 Å². The number of nitrogens with zero attached hydrogens (tertiary/aromatic N) is 1. The Hall–Kier alpha value is -1.26. The fourth-order valence-electron chi connectivity index (χ4n) is 1.71. The molecule has 0 radical (unpaired) electrons. The highest BCUT2D eigenvalue weighted by atomic mass is 32.1. The van der Waals surface area contributed by atoms with E-state index in [4.69, 9.17) is 5.73 Å². The molecule has 2 rings (SSSR count). The molecule has 1 aromatic heterocycles. The van der Waals surface area contributed by atoms with Crippen molar-refractivity contribution in [2.75, 3.05) is 0 Å². The minimum atomic E-state index is -0.174. The van der Waals surface area contributed by atoms with Crippen molar-refractivity contribution in [2.45, 2.75) is 32.7 Å². The summed E-state index contributed by atoms with van der Waals surface area (Å²) in [5.41, 5.74) is 8.42. The summed E-state index contributed by atoms with van der Waals surface area (Å²) in [5.74, 6) is -0.174. The molecule has 0 amide bonds. The molecule has 1 atom stereocenters. The van der Waals surface area contributed by atoms with Gasteiger partial charge in [-0.2, -0.15) is 0 Å². The molecular weight excluding hydrogens is 247 g/mol. The first kappa shape index (κ1) is 13.2. The number of hydrogen-bond donors (Lipinski definition) is 1. The van der Waals surface area contributed by atoms with E-state index < -0.39 is 0 Å². The molecule has 0 spiro atoms. The highest BCUT2D eigenvalue weighted by Gasteiger charge is 2.07.